The number of phenolic OH excluding ortho intramolecular Hbond substituents is 2. The maximum Gasteiger partial charge on any atom is 0.123 e. The van der Waals surface area contributed by atoms with Crippen molar-refractivity contribution in [2.75, 3.05) is 36.0 Å². The van der Waals surface area contributed by atoms with E-state index in [0.29, 0.717) is 10.8 Å². The fourth-order valence-corrected chi connectivity index (χ4v) is 8.96. The minimum absolute atomic E-state index is 0.144. The number of nitrogens with zero attached hydrogens (tertiary/aromatic N) is 2. The molecule has 0 spiro atoms. The molecule has 0 aromatic heterocycles. The molecule has 0 saturated heterocycles. The molecule has 0 atom stereocenters. The molecule has 6 nitrogen and oxygen atoms in total. The molecule has 7 rings (SSSR count). The van der Waals surface area contributed by atoms with Crippen molar-refractivity contribution in [3.05, 3.63) is 96.1 Å². The van der Waals surface area contributed by atoms with Crippen LogP contribution in [0.1, 0.15) is 76.3 Å². The monoisotopic (exact) mass is 670 g/mol. The quantitative estimate of drug-likeness (QED) is 0.0971. The van der Waals surface area contributed by atoms with E-state index in [0.717, 1.165) is 107 Å². The molecule has 1 saturated carbocycles. The van der Waals surface area contributed by atoms with Gasteiger partial charge in [-0.2, -0.15) is 0 Å². The maximum absolute atomic E-state index is 12.4. The molecule has 0 heterocycles. The molecule has 6 heteroatoms. The van der Waals surface area contributed by atoms with Crippen molar-refractivity contribution in [2.24, 2.45) is 0 Å². The van der Waals surface area contributed by atoms with Crippen LogP contribution in [0.25, 0.3) is 43.1 Å². The van der Waals surface area contributed by atoms with E-state index in [1.54, 1.807) is 12.1 Å². The second-order valence-corrected chi connectivity index (χ2v) is 14.0. The van der Waals surface area contributed by atoms with Crippen LogP contribution >= 0.6 is 0 Å². The van der Waals surface area contributed by atoms with Crippen LogP contribution in [0.2, 0.25) is 0 Å². The van der Waals surface area contributed by atoms with Crippen molar-refractivity contribution in [3.63, 3.8) is 0 Å². The highest BCUT2D eigenvalue weighted by Gasteiger charge is 2.53. The summed E-state index contributed by atoms with van der Waals surface area (Å²) in [5.74, 6) is -1.02. The third-order valence-corrected chi connectivity index (χ3v) is 10.8. The number of phenols is 2. The van der Waals surface area contributed by atoms with Gasteiger partial charge in [0.2, 0.25) is 0 Å². The fourth-order valence-electron chi connectivity index (χ4n) is 8.96. The van der Waals surface area contributed by atoms with Gasteiger partial charge in [0, 0.05) is 70.3 Å². The fraction of sp³-hybridized carbons (Fsp3) is 0.364. The summed E-state index contributed by atoms with van der Waals surface area (Å²) < 4.78 is 0. The molecule has 1 fully saturated rings. The Balaban J connectivity index is 1.46. The molecule has 0 amide bonds. The Kier molecular flexibility index (Phi) is 9.51. The van der Waals surface area contributed by atoms with E-state index in [-0.39, 0.29) is 11.5 Å². The zero-order valence-corrected chi connectivity index (χ0v) is 29.7. The minimum Gasteiger partial charge on any atom is -0.507 e. The van der Waals surface area contributed by atoms with Crippen LogP contribution in [-0.2, 0) is 0 Å². The lowest BCUT2D eigenvalue weighted by atomic mass is 9.60. The highest BCUT2D eigenvalue weighted by atomic mass is 16.3. The SMILES string of the molecule is CCCN(CCC)c1c2ccccc2c(C2C(O)C(c3c4ccccc4c(N(CCC)CCC)c4cccc(O)c34)C2O)c2c(O)cccc12. The van der Waals surface area contributed by atoms with Crippen LogP contribution in [0.5, 0.6) is 11.5 Å². The predicted octanol–water partition coefficient (Wildman–Crippen LogP) is 9.57. The van der Waals surface area contributed by atoms with E-state index in [1.807, 2.05) is 36.4 Å². The van der Waals surface area contributed by atoms with Crippen LogP contribution in [0.3, 0.4) is 0 Å². The molecular formula is C44H50N2O4. The first-order valence-electron chi connectivity index (χ1n) is 18.6. The number of aromatic hydroxyl groups is 2. The van der Waals surface area contributed by atoms with E-state index in [9.17, 15) is 20.4 Å². The Labute approximate surface area is 295 Å². The summed E-state index contributed by atoms with van der Waals surface area (Å²) in [5, 5.41) is 55.1. The van der Waals surface area contributed by atoms with Crippen molar-refractivity contribution in [1.82, 2.24) is 0 Å². The van der Waals surface area contributed by atoms with Gasteiger partial charge in [0.25, 0.3) is 0 Å². The van der Waals surface area contributed by atoms with Gasteiger partial charge >= 0.3 is 0 Å². The summed E-state index contributed by atoms with van der Waals surface area (Å²) in [6.45, 7) is 12.3. The molecule has 1 aliphatic carbocycles. The summed E-state index contributed by atoms with van der Waals surface area (Å²) in [4.78, 5) is 4.82. The molecule has 0 unspecified atom stereocenters. The molecule has 0 aliphatic heterocycles. The van der Waals surface area contributed by atoms with Crippen LogP contribution in [-0.4, -0.2) is 58.8 Å². The van der Waals surface area contributed by atoms with E-state index < -0.39 is 24.0 Å². The Morgan fingerprint density at radius 3 is 1.10 bits per heavy atom. The van der Waals surface area contributed by atoms with Crippen molar-refractivity contribution in [3.8, 4) is 11.5 Å². The number of aliphatic hydroxyl groups is 2. The van der Waals surface area contributed by atoms with Gasteiger partial charge in [-0.3, -0.25) is 0 Å². The van der Waals surface area contributed by atoms with E-state index in [2.05, 4.69) is 73.9 Å². The van der Waals surface area contributed by atoms with Crippen LogP contribution in [0, 0.1) is 0 Å². The molecule has 6 aromatic rings. The standard InChI is InChI=1S/C44H50N2O4/c1-5-23-45(24-6-2)41-29-17-11-9-15-27(29)37(35-31(41)19-13-21-33(35)47)39-43(49)40(44(39)50)38-28-16-10-12-18-30(28)42(46(25-7-3)26-8-4)32-20-14-22-34(48)36(32)38/h9-22,39-40,43-44,47-50H,5-8,23-26H2,1-4H3. The summed E-state index contributed by atoms with van der Waals surface area (Å²) >= 11 is 0. The first-order valence-corrected chi connectivity index (χ1v) is 18.6. The number of aliphatic hydroxyl groups excluding tert-OH is 2. The van der Waals surface area contributed by atoms with Gasteiger partial charge in [-0.15, -0.1) is 0 Å². The number of hydrogen-bond acceptors (Lipinski definition) is 6. The molecule has 6 aromatic carbocycles. The van der Waals surface area contributed by atoms with E-state index in [4.69, 9.17) is 0 Å². The number of hydrogen-bond donors (Lipinski definition) is 4. The summed E-state index contributed by atoms with van der Waals surface area (Å²) in [5.41, 5.74) is 3.71. The van der Waals surface area contributed by atoms with Crippen molar-refractivity contribution >= 4 is 54.5 Å². The second kappa shape index (κ2) is 14.0. The minimum atomic E-state index is -0.969. The maximum atomic E-state index is 12.4. The summed E-state index contributed by atoms with van der Waals surface area (Å²) in [6, 6.07) is 27.7. The van der Waals surface area contributed by atoms with Crippen LogP contribution < -0.4 is 9.80 Å². The smallest absolute Gasteiger partial charge is 0.123 e. The first-order chi connectivity index (χ1) is 24.4. The van der Waals surface area contributed by atoms with E-state index >= 15 is 0 Å². The normalized spacial score (nSPS) is 19.0. The number of rotatable bonds is 12. The molecule has 260 valence electrons. The highest BCUT2D eigenvalue weighted by Crippen LogP contribution is 2.57. The van der Waals surface area contributed by atoms with Gasteiger partial charge in [-0.1, -0.05) is 100 Å². The van der Waals surface area contributed by atoms with Gasteiger partial charge in [-0.05, 0) is 59.7 Å². The molecular weight excluding hydrogens is 620 g/mol. The largest absolute Gasteiger partial charge is 0.507 e. The molecule has 1 aliphatic rings. The third-order valence-electron chi connectivity index (χ3n) is 10.8. The summed E-state index contributed by atoms with van der Waals surface area (Å²) in [7, 11) is 0. The highest BCUT2D eigenvalue weighted by molar-refractivity contribution is 6.17. The van der Waals surface area contributed by atoms with Crippen molar-refractivity contribution in [2.45, 2.75) is 77.4 Å². The third kappa shape index (κ3) is 5.32. The summed E-state index contributed by atoms with van der Waals surface area (Å²) in [6.07, 6.45) is 2.01. The average molecular weight is 671 g/mol. The van der Waals surface area contributed by atoms with Crippen LogP contribution in [0.4, 0.5) is 11.4 Å². The van der Waals surface area contributed by atoms with Gasteiger partial charge < -0.3 is 30.2 Å². The Morgan fingerprint density at radius 1 is 0.440 bits per heavy atom. The van der Waals surface area contributed by atoms with Gasteiger partial charge in [0.05, 0.1) is 23.6 Å². The number of anilines is 2. The van der Waals surface area contributed by atoms with Crippen LogP contribution in [0.15, 0.2) is 84.9 Å². The first kappa shape index (κ1) is 34.0. The topological polar surface area (TPSA) is 87.4 Å². The van der Waals surface area contributed by atoms with Crippen molar-refractivity contribution < 1.29 is 20.4 Å². The molecule has 50 heavy (non-hydrogen) atoms. The molecule has 0 radical (unpaired) electrons. The number of fused-ring (bicyclic) bond motifs is 4. The zero-order valence-electron chi connectivity index (χ0n) is 29.7. The Bertz CT molecular complexity index is 2000. The Morgan fingerprint density at radius 2 is 0.760 bits per heavy atom. The zero-order chi connectivity index (χ0) is 35.1. The van der Waals surface area contributed by atoms with Gasteiger partial charge in [-0.25, -0.2) is 0 Å². The Hall–Kier alpha value is -4.52. The molecule has 4 N–H and O–H groups in total. The lowest BCUT2D eigenvalue weighted by Crippen LogP contribution is -2.52. The average Bonchev–Trinajstić information content (AvgIpc) is 3.11. The second-order valence-electron chi connectivity index (χ2n) is 14.0. The van der Waals surface area contributed by atoms with Crippen molar-refractivity contribution in [1.29, 1.82) is 0 Å². The lowest BCUT2D eigenvalue weighted by Gasteiger charge is -2.48. The lowest BCUT2D eigenvalue weighted by molar-refractivity contribution is -0.0766. The van der Waals surface area contributed by atoms with E-state index in [1.165, 1.54) is 0 Å². The predicted molar refractivity (Wildman–Crippen MR) is 209 cm³/mol. The number of benzene rings is 6. The van der Waals surface area contributed by atoms with Gasteiger partial charge in [0.1, 0.15) is 11.5 Å². The molecule has 0 bridgehead atoms. The van der Waals surface area contributed by atoms with Gasteiger partial charge in [0.15, 0.2) is 0 Å².